The molecule has 0 radical (unpaired) electrons. The molecule has 0 aromatic heterocycles. The fourth-order valence-electron chi connectivity index (χ4n) is 2.64. The van der Waals surface area contributed by atoms with Crippen molar-refractivity contribution in [1.82, 2.24) is 5.32 Å². The molecular formula is C18H23ClN2S. The Hall–Kier alpha value is -1.16. The standard InChI is InChI=1S/C14H13NS.C4H9N.ClH/c1-2-10-6-5-9-13-14(10)15-11-7-3-4-8-12(11)16-13;1-2-4-5-3-1;/h3-9,15H,2H2,1H3;5H,1-4H2;1H. The third-order valence-corrected chi connectivity index (χ3v) is 4.95. The third kappa shape index (κ3) is 3.97. The van der Waals surface area contributed by atoms with E-state index in [2.05, 4.69) is 60.0 Å². The molecule has 2 heterocycles. The summed E-state index contributed by atoms with van der Waals surface area (Å²) < 4.78 is 0. The van der Waals surface area contributed by atoms with E-state index in [0.29, 0.717) is 0 Å². The zero-order valence-corrected chi connectivity index (χ0v) is 14.5. The minimum atomic E-state index is 0. The monoisotopic (exact) mass is 334 g/mol. The van der Waals surface area contributed by atoms with Crippen molar-refractivity contribution in [2.24, 2.45) is 0 Å². The molecule has 0 unspecified atom stereocenters. The molecule has 0 saturated carbocycles. The first-order chi connectivity index (χ1) is 10.4. The summed E-state index contributed by atoms with van der Waals surface area (Å²) in [4.78, 5) is 2.64. The SMILES string of the molecule is C1CCNC1.CCc1cccc2c1Nc1ccccc1S2.Cl. The fraction of sp³-hybridized carbons (Fsp3) is 0.333. The predicted molar refractivity (Wildman–Crippen MR) is 99.0 cm³/mol. The van der Waals surface area contributed by atoms with Gasteiger partial charge in [0.05, 0.1) is 11.4 Å². The van der Waals surface area contributed by atoms with Crippen molar-refractivity contribution in [2.45, 2.75) is 36.0 Å². The molecule has 0 amide bonds. The maximum atomic E-state index is 3.54. The Bertz CT molecular complexity index is 604. The minimum absolute atomic E-state index is 0. The van der Waals surface area contributed by atoms with Crippen molar-refractivity contribution in [1.29, 1.82) is 0 Å². The van der Waals surface area contributed by atoms with Gasteiger partial charge in [0.25, 0.3) is 0 Å². The molecule has 22 heavy (non-hydrogen) atoms. The normalized spacial score (nSPS) is 14.6. The van der Waals surface area contributed by atoms with Gasteiger partial charge < -0.3 is 10.6 Å². The van der Waals surface area contributed by atoms with Crippen LogP contribution in [-0.2, 0) is 6.42 Å². The summed E-state index contributed by atoms with van der Waals surface area (Å²) in [7, 11) is 0. The van der Waals surface area contributed by atoms with Gasteiger partial charge in [0.15, 0.2) is 0 Å². The van der Waals surface area contributed by atoms with Gasteiger partial charge in [0.1, 0.15) is 0 Å². The van der Waals surface area contributed by atoms with Crippen LogP contribution in [-0.4, -0.2) is 13.1 Å². The summed E-state index contributed by atoms with van der Waals surface area (Å²) in [5.74, 6) is 0. The van der Waals surface area contributed by atoms with Crippen molar-refractivity contribution in [3.63, 3.8) is 0 Å². The predicted octanol–water partition coefficient (Wildman–Crippen LogP) is 5.25. The highest BCUT2D eigenvalue weighted by atomic mass is 35.5. The maximum absolute atomic E-state index is 3.54. The second kappa shape index (κ2) is 8.47. The summed E-state index contributed by atoms with van der Waals surface area (Å²) >= 11 is 1.85. The van der Waals surface area contributed by atoms with Crippen molar-refractivity contribution in [2.75, 3.05) is 18.4 Å². The van der Waals surface area contributed by atoms with Crippen LogP contribution in [0.1, 0.15) is 25.3 Å². The van der Waals surface area contributed by atoms with E-state index in [9.17, 15) is 0 Å². The smallest absolute Gasteiger partial charge is 0.0558 e. The highest BCUT2D eigenvalue weighted by Gasteiger charge is 2.16. The molecule has 2 aliphatic rings. The number of hydrogen-bond acceptors (Lipinski definition) is 3. The van der Waals surface area contributed by atoms with E-state index < -0.39 is 0 Å². The summed E-state index contributed by atoms with van der Waals surface area (Å²) in [5.41, 5.74) is 3.90. The van der Waals surface area contributed by atoms with Crippen molar-refractivity contribution in [3.05, 3.63) is 48.0 Å². The molecule has 118 valence electrons. The quantitative estimate of drug-likeness (QED) is 0.635. The Morgan fingerprint density at radius 1 is 0.955 bits per heavy atom. The lowest BCUT2D eigenvalue weighted by molar-refractivity contribution is 0.857. The first-order valence-corrected chi connectivity index (χ1v) is 8.56. The van der Waals surface area contributed by atoms with Gasteiger partial charge in [-0.25, -0.2) is 0 Å². The van der Waals surface area contributed by atoms with Crippen LogP contribution in [0.25, 0.3) is 0 Å². The average Bonchev–Trinajstić information content (AvgIpc) is 3.12. The van der Waals surface area contributed by atoms with E-state index in [1.165, 1.54) is 52.7 Å². The molecule has 4 rings (SSSR count). The number of benzene rings is 2. The first-order valence-electron chi connectivity index (χ1n) is 7.75. The lowest BCUT2D eigenvalue weighted by atomic mass is 10.1. The number of aryl methyl sites for hydroxylation is 1. The molecule has 1 fully saturated rings. The lowest BCUT2D eigenvalue weighted by Crippen LogP contribution is -2.03. The molecule has 2 nitrogen and oxygen atoms in total. The van der Waals surface area contributed by atoms with Gasteiger partial charge in [-0.2, -0.15) is 0 Å². The van der Waals surface area contributed by atoms with Crippen LogP contribution in [0.4, 0.5) is 11.4 Å². The topological polar surface area (TPSA) is 24.1 Å². The van der Waals surface area contributed by atoms with E-state index in [0.717, 1.165) is 6.42 Å². The molecule has 2 aromatic carbocycles. The Balaban J connectivity index is 0.000000253. The second-order valence-corrected chi connectivity index (χ2v) is 6.41. The van der Waals surface area contributed by atoms with Crippen molar-refractivity contribution < 1.29 is 0 Å². The number of anilines is 2. The van der Waals surface area contributed by atoms with Crippen molar-refractivity contribution in [3.8, 4) is 0 Å². The van der Waals surface area contributed by atoms with Gasteiger partial charge in [-0.1, -0.05) is 43.0 Å². The zero-order chi connectivity index (χ0) is 14.5. The Morgan fingerprint density at radius 2 is 1.68 bits per heavy atom. The number of halogens is 1. The Labute approximate surface area is 143 Å². The second-order valence-electron chi connectivity index (χ2n) is 5.32. The number of rotatable bonds is 1. The van der Waals surface area contributed by atoms with Crippen LogP contribution >= 0.6 is 24.2 Å². The average molecular weight is 335 g/mol. The molecule has 1 saturated heterocycles. The zero-order valence-electron chi connectivity index (χ0n) is 12.9. The summed E-state index contributed by atoms with van der Waals surface area (Å²) in [6.07, 6.45) is 3.85. The van der Waals surface area contributed by atoms with E-state index in [4.69, 9.17) is 0 Å². The largest absolute Gasteiger partial charge is 0.353 e. The van der Waals surface area contributed by atoms with E-state index in [1.807, 2.05) is 11.8 Å². The molecule has 2 N–H and O–H groups in total. The number of hydrogen-bond donors (Lipinski definition) is 2. The van der Waals surface area contributed by atoms with Crippen LogP contribution in [0.15, 0.2) is 52.3 Å². The van der Waals surface area contributed by atoms with E-state index in [-0.39, 0.29) is 12.4 Å². The van der Waals surface area contributed by atoms with Gasteiger partial charge in [-0.3, -0.25) is 0 Å². The number of fused-ring (bicyclic) bond motifs is 2. The van der Waals surface area contributed by atoms with Gasteiger partial charge >= 0.3 is 0 Å². The minimum Gasteiger partial charge on any atom is -0.353 e. The summed E-state index contributed by atoms with van der Waals surface area (Å²) in [6, 6.07) is 15.0. The molecule has 0 aliphatic carbocycles. The fourth-order valence-corrected chi connectivity index (χ4v) is 3.68. The van der Waals surface area contributed by atoms with Crippen molar-refractivity contribution >= 4 is 35.5 Å². The maximum Gasteiger partial charge on any atom is 0.0558 e. The number of nitrogens with one attached hydrogen (secondary N) is 2. The summed E-state index contributed by atoms with van der Waals surface area (Å²) in [6.45, 7) is 4.70. The van der Waals surface area contributed by atoms with Crippen LogP contribution in [0, 0.1) is 0 Å². The Morgan fingerprint density at radius 3 is 2.36 bits per heavy atom. The van der Waals surface area contributed by atoms with Gasteiger partial charge in [-0.15, -0.1) is 12.4 Å². The molecule has 4 heteroatoms. The van der Waals surface area contributed by atoms with E-state index >= 15 is 0 Å². The molecular weight excluding hydrogens is 312 g/mol. The molecule has 0 atom stereocenters. The molecule has 0 bridgehead atoms. The van der Waals surface area contributed by atoms with E-state index in [1.54, 1.807) is 0 Å². The van der Waals surface area contributed by atoms with Gasteiger partial charge in [-0.05, 0) is 56.1 Å². The highest BCUT2D eigenvalue weighted by Crippen LogP contribution is 2.45. The first kappa shape index (κ1) is 17.2. The highest BCUT2D eigenvalue weighted by molar-refractivity contribution is 7.99. The van der Waals surface area contributed by atoms with Gasteiger partial charge in [0, 0.05) is 9.79 Å². The molecule has 2 aliphatic heterocycles. The Kier molecular flexibility index (Phi) is 6.62. The third-order valence-electron chi connectivity index (χ3n) is 3.82. The molecule has 0 spiro atoms. The lowest BCUT2D eigenvalue weighted by Gasteiger charge is -2.22. The molecule has 2 aromatic rings. The van der Waals surface area contributed by atoms with Crippen LogP contribution in [0.3, 0.4) is 0 Å². The number of para-hydroxylation sites is 2. The van der Waals surface area contributed by atoms with Crippen LogP contribution in [0.2, 0.25) is 0 Å². The summed E-state index contributed by atoms with van der Waals surface area (Å²) in [5, 5.41) is 6.76. The van der Waals surface area contributed by atoms with Crippen LogP contribution in [0.5, 0.6) is 0 Å². The van der Waals surface area contributed by atoms with Gasteiger partial charge in [0.2, 0.25) is 0 Å². The van der Waals surface area contributed by atoms with Crippen LogP contribution < -0.4 is 10.6 Å².